The van der Waals surface area contributed by atoms with Crippen LogP contribution < -0.4 is 15.4 Å². The van der Waals surface area contributed by atoms with Gasteiger partial charge in [0.2, 0.25) is 5.91 Å². The maximum atomic E-state index is 12.1. The fourth-order valence-electron chi connectivity index (χ4n) is 2.81. The van der Waals surface area contributed by atoms with Gasteiger partial charge in [0.25, 0.3) is 5.91 Å². The maximum Gasteiger partial charge on any atom is 0.306 e. The van der Waals surface area contributed by atoms with Gasteiger partial charge in [-0.15, -0.1) is 0 Å². The molecule has 0 fully saturated rings. The zero-order valence-corrected chi connectivity index (χ0v) is 18.7. The van der Waals surface area contributed by atoms with E-state index >= 15 is 0 Å². The minimum Gasteiger partial charge on any atom is -0.457 e. The number of hydrogen-bond donors (Lipinski definition) is 2. The summed E-state index contributed by atoms with van der Waals surface area (Å²) < 4.78 is 10.7. The van der Waals surface area contributed by atoms with Crippen molar-refractivity contribution in [2.45, 2.75) is 19.8 Å². The van der Waals surface area contributed by atoms with Crippen LogP contribution in [0.1, 0.15) is 18.4 Å². The lowest BCUT2D eigenvalue weighted by Crippen LogP contribution is -2.22. The highest BCUT2D eigenvalue weighted by Gasteiger charge is 2.12. The molecule has 0 aliphatic heterocycles. The van der Waals surface area contributed by atoms with Crippen LogP contribution in [-0.4, -0.2) is 24.4 Å². The molecule has 2 amide bonds. The first-order valence-electron chi connectivity index (χ1n) is 10.2. The highest BCUT2D eigenvalue weighted by atomic mass is 35.5. The zero-order valence-electron chi connectivity index (χ0n) is 18.0. The number of rotatable bonds is 9. The molecule has 170 valence electrons. The Morgan fingerprint density at radius 1 is 0.818 bits per heavy atom. The predicted octanol–water partition coefficient (Wildman–Crippen LogP) is 5.34. The van der Waals surface area contributed by atoms with E-state index in [2.05, 4.69) is 10.6 Å². The Kier molecular flexibility index (Phi) is 8.43. The number of esters is 1. The molecule has 0 bridgehead atoms. The molecule has 2 N–H and O–H groups in total. The summed E-state index contributed by atoms with van der Waals surface area (Å²) in [5.74, 6) is -0.121. The molecule has 0 unspecified atom stereocenters. The van der Waals surface area contributed by atoms with Crippen molar-refractivity contribution in [3.8, 4) is 11.5 Å². The average Bonchev–Trinajstić information content (AvgIpc) is 2.80. The monoisotopic (exact) mass is 466 g/mol. The van der Waals surface area contributed by atoms with Gasteiger partial charge in [0, 0.05) is 12.1 Å². The molecule has 3 rings (SSSR count). The number of benzene rings is 3. The fraction of sp³-hybridized carbons (Fsp3) is 0.160. The number of ether oxygens (including phenoxy) is 2. The summed E-state index contributed by atoms with van der Waals surface area (Å²) in [6, 6.07) is 21.3. The number of halogens is 1. The Hall–Kier alpha value is -3.84. The molecule has 0 aliphatic rings. The topological polar surface area (TPSA) is 93.7 Å². The largest absolute Gasteiger partial charge is 0.457 e. The fourth-order valence-corrected chi connectivity index (χ4v) is 2.99. The standard InChI is InChI=1S/C25H23ClN2O5/c1-17-6-2-5-9-22(17)33-19-12-10-18(11-13-19)27-23(29)14-15-25(31)32-16-24(30)28-21-8-4-3-7-20(21)26/h2-13H,14-16H2,1H3,(H,27,29)(H,28,30). The normalized spacial score (nSPS) is 10.2. The van der Waals surface area contributed by atoms with Gasteiger partial charge >= 0.3 is 5.97 Å². The lowest BCUT2D eigenvalue weighted by atomic mass is 10.2. The Morgan fingerprint density at radius 3 is 2.24 bits per heavy atom. The van der Waals surface area contributed by atoms with E-state index in [1.54, 1.807) is 48.5 Å². The average molecular weight is 467 g/mol. The summed E-state index contributed by atoms with van der Waals surface area (Å²) in [4.78, 5) is 35.8. The number of carbonyl (C=O) groups is 3. The molecular weight excluding hydrogens is 444 g/mol. The molecule has 0 saturated carbocycles. The number of aryl methyl sites for hydroxylation is 1. The van der Waals surface area contributed by atoms with Crippen LogP contribution >= 0.6 is 11.6 Å². The van der Waals surface area contributed by atoms with Gasteiger partial charge in [-0.05, 0) is 55.0 Å². The molecule has 3 aromatic rings. The highest BCUT2D eigenvalue weighted by molar-refractivity contribution is 6.33. The smallest absolute Gasteiger partial charge is 0.306 e. The van der Waals surface area contributed by atoms with Gasteiger partial charge in [-0.2, -0.15) is 0 Å². The van der Waals surface area contributed by atoms with Crippen LogP contribution in [0.25, 0.3) is 0 Å². The van der Waals surface area contributed by atoms with Crippen molar-refractivity contribution >= 4 is 40.8 Å². The minimum absolute atomic E-state index is 0.0770. The second kappa shape index (κ2) is 11.7. The molecule has 33 heavy (non-hydrogen) atoms. The lowest BCUT2D eigenvalue weighted by molar-refractivity contribution is -0.147. The number of amides is 2. The van der Waals surface area contributed by atoms with Gasteiger partial charge in [0.05, 0.1) is 17.1 Å². The molecule has 0 radical (unpaired) electrons. The third-order valence-corrected chi connectivity index (χ3v) is 4.86. The number of nitrogens with one attached hydrogen (secondary N) is 2. The second-order valence-electron chi connectivity index (χ2n) is 7.13. The van der Waals surface area contributed by atoms with E-state index in [0.29, 0.717) is 22.1 Å². The first-order chi connectivity index (χ1) is 15.9. The zero-order chi connectivity index (χ0) is 23.6. The van der Waals surface area contributed by atoms with E-state index in [1.165, 1.54) is 0 Å². The third-order valence-electron chi connectivity index (χ3n) is 4.53. The maximum absolute atomic E-state index is 12.1. The molecule has 0 aliphatic carbocycles. The summed E-state index contributed by atoms with van der Waals surface area (Å²) in [6.45, 7) is 1.49. The van der Waals surface area contributed by atoms with Crippen LogP contribution in [0.3, 0.4) is 0 Å². The quantitative estimate of drug-likeness (QED) is 0.415. The number of carbonyl (C=O) groups excluding carboxylic acids is 3. The number of hydrogen-bond acceptors (Lipinski definition) is 5. The van der Waals surface area contributed by atoms with E-state index in [0.717, 1.165) is 11.3 Å². The van der Waals surface area contributed by atoms with Crippen molar-refractivity contribution in [3.05, 3.63) is 83.4 Å². The Bertz CT molecular complexity index is 1130. The van der Waals surface area contributed by atoms with Crippen molar-refractivity contribution in [2.24, 2.45) is 0 Å². The molecule has 8 heteroatoms. The summed E-state index contributed by atoms with van der Waals surface area (Å²) >= 11 is 5.96. The third kappa shape index (κ3) is 7.66. The van der Waals surface area contributed by atoms with E-state index in [9.17, 15) is 14.4 Å². The Morgan fingerprint density at radius 2 is 1.52 bits per heavy atom. The van der Waals surface area contributed by atoms with Crippen molar-refractivity contribution in [1.82, 2.24) is 0 Å². The van der Waals surface area contributed by atoms with E-state index < -0.39 is 18.5 Å². The van der Waals surface area contributed by atoms with Gasteiger partial charge < -0.3 is 20.1 Å². The molecule has 3 aromatic carbocycles. The van der Waals surface area contributed by atoms with Crippen LogP contribution in [0.5, 0.6) is 11.5 Å². The predicted molar refractivity (Wildman–Crippen MR) is 127 cm³/mol. The number of anilines is 2. The SMILES string of the molecule is Cc1ccccc1Oc1ccc(NC(=O)CCC(=O)OCC(=O)Nc2ccccc2Cl)cc1. The molecule has 0 spiro atoms. The second-order valence-corrected chi connectivity index (χ2v) is 7.54. The Labute approximate surface area is 196 Å². The van der Waals surface area contributed by atoms with E-state index in [4.69, 9.17) is 21.1 Å². The van der Waals surface area contributed by atoms with Crippen LogP contribution in [0, 0.1) is 6.92 Å². The van der Waals surface area contributed by atoms with Gasteiger partial charge in [-0.25, -0.2) is 0 Å². The van der Waals surface area contributed by atoms with Crippen molar-refractivity contribution in [1.29, 1.82) is 0 Å². The first-order valence-corrected chi connectivity index (χ1v) is 10.6. The summed E-state index contributed by atoms with van der Waals surface area (Å²) in [7, 11) is 0. The Balaban J connectivity index is 1.38. The number of para-hydroxylation sites is 2. The summed E-state index contributed by atoms with van der Waals surface area (Å²) in [5, 5.41) is 5.63. The first kappa shape index (κ1) is 23.8. The van der Waals surface area contributed by atoms with E-state index in [1.807, 2.05) is 31.2 Å². The molecule has 7 nitrogen and oxygen atoms in total. The molecular formula is C25H23ClN2O5. The van der Waals surface area contributed by atoms with Crippen molar-refractivity contribution < 1.29 is 23.9 Å². The highest BCUT2D eigenvalue weighted by Crippen LogP contribution is 2.25. The van der Waals surface area contributed by atoms with Crippen LogP contribution in [0.2, 0.25) is 5.02 Å². The van der Waals surface area contributed by atoms with E-state index in [-0.39, 0.29) is 18.7 Å². The van der Waals surface area contributed by atoms with Gasteiger partial charge in [0.15, 0.2) is 6.61 Å². The lowest BCUT2D eigenvalue weighted by Gasteiger charge is -2.10. The van der Waals surface area contributed by atoms with Crippen molar-refractivity contribution in [2.75, 3.05) is 17.2 Å². The van der Waals surface area contributed by atoms with Gasteiger partial charge in [0.1, 0.15) is 11.5 Å². The molecule has 0 atom stereocenters. The van der Waals surface area contributed by atoms with Gasteiger partial charge in [-0.1, -0.05) is 41.9 Å². The molecule has 0 saturated heterocycles. The summed E-state index contributed by atoms with van der Waals surface area (Å²) in [6.07, 6.45) is -0.230. The summed E-state index contributed by atoms with van der Waals surface area (Å²) in [5.41, 5.74) is 2.02. The molecule has 0 heterocycles. The van der Waals surface area contributed by atoms with Crippen LogP contribution in [0.15, 0.2) is 72.8 Å². The van der Waals surface area contributed by atoms with Crippen LogP contribution in [-0.2, 0) is 19.1 Å². The minimum atomic E-state index is -0.651. The van der Waals surface area contributed by atoms with Crippen LogP contribution in [0.4, 0.5) is 11.4 Å². The molecule has 0 aromatic heterocycles. The van der Waals surface area contributed by atoms with Crippen molar-refractivity contribution in [3.63, 3.8) is 0 Å². The van der Waals surface area contributed by atoms with Gasteiger partial charge in [-0.3, -0.25) is 14.4 Å².